The maximum absolute atomic E-state index is 11.9. The van der Waals surface area contributed by atoms with E-state index in [-0.39, 0.29) is 17.7 Å². The molecule has 0 spiro atoms. The summed E-state index contributed by atoms with van der Waals surface area (Å²) in [6.45, 7) is 0. The molecule has 4 atom stereocenters. The summed E-state index contributed by atoms with van der Waals surface area (Å²) in [5, 5.41) is 18.7. The van der Waals surface area contributed by atoms with Gasteiger partial charge in [-0.2, -0.15) is 15.5 Å². The van der Waals surface area contributed by atoms with Crippen LogP contribution in [0.2, 0.25) is 0 Å². The Morgan fingerprint density at radius 3 is 2.38 bits per heavy atom. The third-order valence-electron chi connectivity index (χ3n) is 4.13. The molecular weight excluding hydrogens is 204 g/mol. The molecular formula is C11H8N4O. The molecule has 78 valence electrons. The highest BCUT2D eigenvalue weighted by Crippen LogP contribution is 2.66. The van der Waals surface area contributed by atoms with Gasteiger partial charge in [0.15, 0.2) is 5.41 Å². The van der Waals surface area contributed by atoms with Crippen LogP contribution in [0.5, 0.6) is 0 Å². The Hall–Kier alpha value is -2.14. The van der Waals surface area contributed by atoms with Crippen molar-refractivity contribution < 1.29 is 4.79 Å². The second-order valence-corrected chi connectivity index (χ2v) is 4.48. The highest BCUT2D eigenvalue weighted by atomic mass is 16.2. The van der Waals surface area contributed by atoms with Crippen molar-refractivity contribution in [3.63, 3.8) is 0 Å². The molecule has 0 saturated heterocycles. The summed E-state index contributed by atoms with van der Waals surface area (Å²) < 4.78 is 0. The Morgan fingerprint density at radius 1 is 1.31 bits per heavy atom. The van der Waals surface area contributed by atoms with Crippen LogP contribution >= 0.6 is 0 Å². The van der Waals surface area contributed by atoms with Crippen molar-refractivity contribution in [1.82, 2.24) is 0 Å². The van der Waals surface area contributed by atoms with Crippen LogP contribution in [0.1, 0.15) is 6.42 Å². The summed E-state index contributed by atoms with van der Waals surface area (Å²) >= 11 is 0. The summed E-state index contributed by atoms with van der Waals surface area (Å²) in [5.74, 6) is -0.916. The minimum atomic E-state index is -1.37. The second kappa shape index (κ2) is 2.33. The van der Waals surface area contributed by atoms with E-state index in [4.69, 9.17) is 5.73 Å². The molecule has 2 N–H and O–H groups in total. The zero-order chi connectivity index (χ0) is 11.6. The maximum atomic E-state index is 11.9. The molecule has 0 aromatic rings. The van der Waals surface area contributed by atoms with Crippen molar-refractivity contribution in [1.29, 1.82) is 10.5 Å². The van der Waals surface area contributed by atoms with Crippen LogP contribution in [0.25, 0.3) is 0 Å². The van der Waals surface area contributed by atoms with Gasteiger partial charge in [0.25, 0.3) is 5.91 Å². The van der Waals surface area contributed by atoms with Crippen molar-refractivity contribution >= 4 is 11.7 Å². The lowest BCUT2D eigenvalue weighted by molar-refractivity contribution is -0.126. The normalized spacial score (nSPS) is 47.4. The fraction of sp³-hybridized carbons (Fsp3) is 0.455. The molecule has 0 aromatic carbocycles. The van der Waals surface area contributed by atoms with E-state index in [1.165, 1.54) is 0 Å². The fourth-order valence-corrected chi connectivity index (χ4v) is 3.38. The molecule has 0 radical (unpaired) electrons. The van der Waals surface area contributed by atoms with E-state index in [1.807, 2.05) is 18.2 Å². The lowest BCUT2D eigenvalue weighted by Gasteiger charge is -2.34. The molecule has 3 rings (SSSR count). The second-order valence-electron chi connectivity index (χ2n) is 4.48. The topological polar surface area (TPSA) is 103 Å². The molecule has 16 heavy (non-hydrogen) atoms. The van der Waals surface area contributed by atoms with Gasteiger partial charge in [-0.05, 0) is 6.42 Å². The average molecular weight is 212 g/mol. The molecule has 2 bridgehead atoms. The van der Waals surface area contributed by atoms with Gasteiger partial charge in [-0.25, -0.2) is 0 Å². The number of nitriles is 2. The number of allylic oxidation sites excluding steroid dienone is 2. The number of nitrogens with two attached hydrogens (primary N) is 1. The Kier molecular flexibility index (Phi) is 1.33. The van der Waals surface area contributed by atoms with Crippen LogP contribution in [-0.2, 0) is 4.79 Å². The number of carbonyl (C=O) groups excluding carboxylic acids is 1. The van der Waals surface area contributed by atoms with Crippen molar-refractivity contribution in [3.05, 3.63) is 12.2 Å². The third-order valence-corrected chi connectivity index (χ3v) is 4.13. The number of amides is 1. The van der Waals surface area contributed by atoms with E-state index >= 15 is 0 Å². The van der Waals surface area contributed by atoms with Gasteiger partial charge in [-0.3, -0.25) is 4.79 Å². The number of hydrogen-bond acceptors (Lipinski definition) is 4. The number of amidine groups is 1. The standard InChI is InChI=1S/C11H8N4O/c12-4-10-6-1-2-7(3-6)11(10,5-13)9(16)15-8(10)14/h1-2,6-7H,3H2,(H2,14,15,16)/t6-,7-,10+,11+/m0/s1. The number of nitrogens with zero attached hydrogens (tertiary/aromatic N) is 3. The summed E-state index contributed by atoms with van der Waals surface area (Å²) in [6, 6.07) is 4.12. The third kappa shape index (κ3) is 0.563. The van der Waals surface area contributed by atoms with E-state index in [0.29, 0.717) is 6.42 Å². The minimum absolute atomic E-state index is 0.0124. The molecule has 1 heterocycles. The molecule has 3 aliphatic rings. The van der Waals surface area contributed by atoms with Gasteiger partial charge in [-0.1, -0.05) is 12.2 Å². The molecule has 5 nitrogen and oxygen atoms in total. The Bertz CT molecular complexity index is 549. The van der Waals surface area contributed by atoms with Gasteiger partial charge in [0, 0.05) is 11.8 Å². The number of aliphatic imine (C=N–C) groups is 1. The molecule has 1 amide bonds. The van der Waals surface area contributed by atoms with Gasteiger partial charge in [-0.15, -0.1) is 0 Å². The van der Waals surface area contributed by atoms with Gasteiger partial charge < -0.3 is 5.73 Å². The van der Waals surface area contributed by atoms with Crippen LogP contribution in [0, 0.1) is 45.3 Å². The van der Waals surface area contributed by atoms with E-state index in [0.717, 1.165) is 0 Å². The van der Waals surface area contributed by atoms with Crippen LogP contribution in [0.15, 0.2) is 17.1 Å². The highest BCUT2D eigenvalue weighted by Gasteiger charge is 2.76. The van der Waals surface area contributed by atoms with Crippen LogP contribution in [0.3, 0.4) is 0 Å². The first-order valence-corrected chi connectivity index (χ1v) is 5.03. The first kappa shape index (κ1) is 9.11. The first-order chi connectivity index (χ1) is 7.63. The molecule has 1 fully saturated rings. The number of carbonyl (C=O) groups is 1. The van der Waals surface area contributed by atoms with Gasteiger partial charge in [0.05, 0.1) is 12.1 Å². The Balaban J connectivity index is 2.37. The van der Waals surface area contributed by atoms with E-state index < -0.39 is 16.7 Å². The molecule has 0 unspecified atom stereocenters. The molecule has 1 aliphatic heterocycles. The SMILES string of the molecule is N#C[C@@]12C(=O)N=C(N)[C@@]1(C#N)[C@H]1C=C[C@H]2C1. The highest BCUT2D eigenvalue weighted by molar-refractivity contribution is 6.12. The van der Waals surface area contributed by atoms with E-state index in [1.54, 1.807) is 0 Å². The predicted octanol–water partition coefficient (Wildman–Crippen LogP) is 0.110. The van der Waals surface area contributed by atoms with Crippen LogP contribution in [0.4, 0.5) is 0 Å². The minimum Gasteiger partial charge on any atom is -0.386 e. The van der Waals surface area contributed by atoms with Crippen molar-refractivity contribution in [2.24, 2.45) is 33.4 Å². The lowest BCUT2D eigenvalue weighted by Crippen LogP contribution is -2.50. The van der Waals surface area contributed by atoms with Crippen molar-refractivity contribution in [3.8, 4) is 12.1 Å². The van der Waals surface area contributed by atoms with Crippen LogP contribution in [-0.4, -0.2) is 11.7 Å². The molecule has 5 heteroatoms. The smallest absolute Gasteiger partial charge is 0.270 e. The van der Waals surface area contributed by atoms with Crippen molar-refractivity contribution in [2.75, 3.05) is 0 Å². The summed E-state index contributed by atoms with van der Waals surface area (Å²) in [5.41, 5.74) is 3.13. The summed E-state index contributed by atoms with van der Waals surface area (Å²) in [6.07, 6.45) is 4.36. The average Bonchev–Trinajstić information content (AvgIpc) is 2.89. The lowest BCUT2D eigenvalue weighted by atomic mass is 9.60. The van der Waals surface area contributed by atoms with E-state index in [9.17, 15) is 15.3 Å². The number of hydrogen-bond donors (Lipinski definition) is 1. The molecule has 0 aromatic heterocycles. The van der Waals surface area contributed by atoms with Gasteiger partial charge >= 0.3 is 0 Å². The van der Waals surface area contributed by atoms with Crippen molar-refractivity contribution in [2.45, 2.75) is 6.42 Å². The monoisotopic (exact) mass is 212 g/mol. The Labute approximate surface area is 91.9 Å². The molecule has 1 saturated carbocycles. The number of rotatable bonds is 0. The maximum Gasteiger partial charge on any atom is 0.270 e. The summed E-state index contributed by atoms with van der Waals surface area (Å²) in [7, 11) is 0. The van der Waals surface area contributed by atoms with Gasteiger partial charge in [0.1, 0.15) is 11.3 Å². The predicted molar refractivity (Wildman–Crippen MR) is 53.5 cm³/mol. The van der Waals surface area contributed by atoms with Crippen LogP contribution < -0.4 is 5.73 Å². The Morgan fingerprint density at radius 2 is 1.88 bits per heavy atom. The summed E-state index contributed by atoms with van der Waals surface area (Å²) in [4.78, 5) is 15.6. The fourth-order valence-electron chi connectivity index (χ4n) is 3.38. The zero-order valence-electron chi connectivity index (χ0n) is 8.34. The van der Waals surface area contributed by atoms with Gasteiger partial charge in [0.2, 0.25) is 0 Å². The number of fused-ring (bicyclic) bond motifs is 5. The molecule has 2 aliphatic carbocycles. The zero-order valence-corrected chi connectivity index (χ0v) is 8.34. The largest absolute Gasteiger partial charge is 0.386 e. The quantitative estimate of drug-likeness (QED) is 0.575. The van der Waals surface area contributed by atoms with E-state index in [2.05, 4.69) is 11.1 Å². The first-order valence-electron chi connectivity index (χ1n) is 5.03.